The maximum Gasteiger partial charge on any atom is 0.273 e. The van der Waals surface area contributed by atoms with Gasteiger partial charge in [0.2, 0.25) is 0 Å². The number of amides is 1. The lowest BCUT2D eigenvalue weighted by Gasteiger charge is -2.24. The van der Waals surface area contributed by atoms with Crippen LogP contribution in [-0.2, 0) is 31.0 Å². The monoisotopic (exact) mass is 488 g/mol. The van der Waals surface area contributed by atoms with Gasteiger partial charge in [0.1, 0.15) is 34.6 Å². The Balaban J connectivity index is 1.47. The number of rotatable bonds is 6. The minimum Gasteiger partial charge on any atom is -0.487 e. The van der Waals surface area contributed by atoms with Gasteiger partial charge < -0.3 is 19.3 Å². The van der Waals surface area contributed by atoms with Gasteiger partial charge in [0.15, 0.2) is 0 Å². The highest BCUT2D eigenvalue weighted by atomic mass is 35.5. The number of hydrogen-bond acceptors (Lipinski definition) is 4. The molecule has 2 aromatic carbocycles. The standard InChI is InChI=1S/C25H23ClF2N2O4/c1-25(2,33)24(32)30-12-16-4-3-15(9-18(16)13-30)11-29-8-7-21(22(26)23(29)31)34-14-17-5-6-19(27)10-20(17)28/h3-10,33H,11-14H2,1-2H3. The van der Waals surface area contributed by atoms with E-state index in [9.17, 15) is 23.5 Å². The molecule has 34 heavy (non-hydrogen) atoms. The van der Waals surface area contributed by atoms with Crippen LogP contribution in [0.3, 0.4) is 0 Å². The molecule has 0 fully saturated rings. The average molecular weight is 489 g/mol. The summed E-state index contributed by atoms with van der Waals surface area (Å²) in [5.41, 5.74) is 1.01. The number of carbonyl (C=O) groups is 1. The zero-order valence-electron chi connectivity index (χ0n) is 18.6. The Hall–Kier alpha value is -3.23. The van der Waals surface area contributed by atoms with Crippen molar-refractivity contribution in [2.45, 2.75) is 45.7 Å². The van der Waals surface area contributed by atoms with Crippen molar-refractivity contribution in [2.75, 3.05) is 0 Å². The number of halogens is 3. The van der Waals surface area contributed by atoms with Gasteiger partial charge in [-0.15, -0.1) is 0 Å². The highest BCUT2D eigenvalue weighted by Gasteiger charge is 2.33. The van der Waals surface area contributed by atoms with Crippen molar-refractivity contribution in [2.24, 2.45) is 0 Å². The van der Waals surface area contributed by atoms with E-state index in [2.05, 4.69) is 0 Å². The van der Waals surface area contributed by atoms with Crippen molar-refractivity contribution < 1.29 is 23.4 Å². The summed E-state index contributed by atoms with van der Waals surface area (Å²) in [5.74, 6) is -1.68. The maximum atomic E-state index is 13.8. The molecule has 0 spiro atoms. The fourth-order valence-corrected chi connectivity index (χ4v) is 4.06. The van der Waals surface area contributed by atoms with Gasteiger partial charge >= 0.3 is 0 Å². The minimum atomic E-state index is -1.44. The van der Waals surface area contributed by atoms with Gasteiger partial charge in [-0.05, 0) is 48.7 Å². The molecule has 3 aromatic rings. The summed E-state index contributed by atoms with van der Waals surface area (Å²) in [6.45, 7) is 3.77. The SMILES string of the molecule is CC(C)(O)C(=O)N1Cc2ccc(Cn3ccc(OCc4ccc(F)cc4F)c(Cl)c3=O)cc2C1. The molecule has 1 aliphatic rings. The molecule has 0 atom stereocenters. The summed E-state index contributed by atoms with van der Waals surface area (Å²) in [7, 11) is 0. The van der Waals surface area contributed by atoms with Crippen LogP contribution in [0.15, 0.2) is 53.5 Å². The molecule has 1 amide bonds. The van der Waals surface area contributed by atoms with E-state index in [1.807, 2.05) is 18.2 Å². The van der Waals surface area contributed by atoms with E-state index in [4.69, 9.17) is 16.3 Å². The third-order valence-electron chi connectivity index (χ3n) is 5.63. The number of carbonyl (C=O) groups excluding carboxylic acids is 1. The van der Waals surface area contributed by atoms with Crippen LogP contribution in [0.2, 0.25) is 5.02 Å². The van der Waals surface area contributed by atoms with Gasteiger partial charge in [-0.2, -0.15) is 0 Å². The quantitative estimate of drug-likeness (QED) is 0.569. The number of aliphatic hydroxyl groups is 1. The molecule has 1 N–H and O–H groups in total. The zero-order chi connectivity index (χ0) is 24.6. The predicted molar refractivity (Wildman–Crippen MR) is 122 cm³/mol. The van der Waals surface area contributed by atoms with Crippen LogP contribution in [0.4, 0.5) is 8.78 Å². The molecule has 1 aliphatic heterocycles. The largest absolute Gasteiger partial charge is 0.487 e. The Bertz CT molecular complexity index is 1320. The van der Waals surface area contributed by atoms with Crippen molar-refractivity contribution in [3.8, 4) is 5.75 Å². The highest BCUT2D eigenvalue weighted by Crippen LogP contribution is 2.27. The Morgan fingerprint density at radius 1 is 1.12 bits per heavy atom. The smallest absolute Gasteiger partial charge is 0.273 e. The first-order valence-corrected chi connectivity index (χ1v) is 11.0. The van der Waals surface area contributed by atoms with Crippen LogP contribution in [-0.4, -0.2) is 26.1 Å². The summed E-state index contributed by atoms with van der Waals surface area (Å²) < 4.78 is 33.8. The fraction of sp³-hybridized carbons (Fsp3) is 0.280. The van der Waals surface area contributed by atoms with Crippen LogP contribution in [0.5, 0.6) is 5.75 Å². The van der Waals surface area contributed by atoms with Gasteiger partial charge in [-0.1, -0.05) is 29.8 Å². The first-order valence-electron chi connectivity index (χ1n) is 10.6. The van der Waals surface area contributed by atoms with Crippen LogP contribution >= 0.6 is 11.6 Å². The molecule has 9 heteroatoms. The second-order valence-electron chi connectivity index (χ2n) is 8.77. The highest BCUT2D eigenvalue weighted by molar-refractivity contribution is 6.31. The first-order chi connectivity index (χ1) is 16.0. The van der Waals surface area contributed by atoms with Crippen molar-refractivity contribution in [3.63, 3.8) is 0 Å². The summed E-state index contributed by atoms with van der Waals surface area (Å²) in [4.78, 5) is 26.7. The molecular formula is C25H23ClF2N2O4. The zero-order valence-corrected chi connectivity index (χ0v) is 19.4. The first kappa shape index (κ1) is 23.9. The van der Waals surface area contributed by atoms with E-state index < -0.39 is 22.8 Å². The van der Waals surface area contributed by atoms with Gasteiger partial charge in [0, 0.05) is 30.9 Å². The summed E-state index contributed by atoms with van der Waals surface area (Å²) in [6, 6.07) is 10.4. The minimum absolute atomic E-state index is 0.0985. The Morgan fingerprint density at radius 3 is 2.56 bits per heavy atom. The van der Waals surface area contributed by atoms with E-state index in [0.29, 0.717) is 13.1 Å². The molecule has 0 saturated heterocycles. The predicted octanol–water partition coefficient (Wildman–Crippen LogP) is 4.02. The third kappa shape index (κ3) is 4.98. The number of benzene rings is 2. The number of nitrogens with zero attached hydrogens (tertiary/aromatic N) is 2. The van der Waals surface area contributed by atoms with Crippen molar-refractivity contribution >= 4 is 17.5 Å². The van der Waals surface area contributed by atoms with Crippen molar-refractivity contribution in [1.82, 2.24) is 9.47 Å². The second kappa shape index (κ2) is 9.19. The molecule has 0 bridgehead atoms. The Morgan fingerprint density at radius 2 is 1.85 bits per heavy atom. The number of ether oxygens (including phenoxy) is 1. The van der Waals surface area contributed by atoms with Crippen molar-refractivity contribution in [1.29, 1.82) is 0 Å². The van der Waals surface area contributed by atoms with Gasteiger partial charge in [0.25, 0.3) is 11.5 Å². The van der Waals surface area contributed by atoms with Crippen LogP contribution < -0.4 is 10.3 Å². The molecule has 2 heterocycles. The Labute approximate surface area is 200 Å². The molecule has 4 rings (SSSR count). The Kier molecular flexibility index (Phi) is 6.47. The lowest BCUT2D eigenvalue weighted by atomic mass is 10.1. The van der Waals surface area contributed by atoms with E-state index in [1.165, 1.54) is 36.7 Å². The van der Waals surface area contributed by atoms with Gasteiger partial charge in [-0.25, -0.2) is 8.78 Å². The molecule has 178 valence electrons. The van der Waals surface area contributed by atoms with Gasteiger partial charge in [0.05, 0.1) is 6.54 Å². The maximum absolute atomic E-state index is 13.8. The fourth-order valence-electron chi connectivity index (χ4n) is 3.83. The number of fused-ring (bicyclic) bond motifs is 1. The average Bonchev–Trinajstić information content (AvgIpc) is 3.19. The summed E-state index contributed by atoms with van der Waals surface area (Å²) in [6.07, 6.45) is 1.53. The number of hydrogen-bond donors (Lipinski definition) is 1. The molecule has 0 unspecified atom stereocenters. The topological polar surface area (TPSA) is 71.8 Å². The number of pyridine rings is 1. The second-order valence-corrected chi connectivity index (χ2v) is 9.15. The van der Waals surface area contributed by atoms with E-state index in [-0.39, 0.29) is 35.4 Å². The lowest BCUT2D eigenvalue weighted by molar-refractivity contribution is -0.148. The van der Waals surface area contributed by atoms with E-state index in [0.717, 1.165) is 28.8 Å². The van der Waals surface area contributed by atoms with Crippen LogP contribution in [0.1, 0.15) is 36.1 Å². The van der Waals surface area contributed by atoms with Gasteiger partial charge in [-0.3, -0.25) is 9.59 Å². The summed E-state index contributed by atoms with van der Waals surface area (Å²) >= 11 is 6.21. The van der Waals surface area contributed by atoms with E-state index in [1.54, 1.807) is 4.90 Å². The van der Waals surface area contributed by atoms with Crippen LogP contribution in [0, 0.1) is 11.6 Å². The number of aromatic nitrogens is 1. The molecular weight excluding hydrogens is 466 g/mol. The molecule has 6 nitrogen and oxygen atoms in total. The van der Waals surface area contributed by atoms with Crippen molar-refractivity contribution in [3.05, 3.63) is 97.9 Å². The third-order valence-corrected chi connectivity index (χ3v) is 5.97. The van der Waals surface area contributed by atoms with E-state index >= 15 is 0 Å². The normalized spacial score (nSPS) is 13.2. The lowest BCUT2D eigenvalue weighted by Crippen LogP contribution is -2.42. The molecule has 0 saturated carbocycles. The molecule has 0 aliphatic carbocycles. The van der Waals surface area contributed by atoms with Crippen LogP contribution in [0.25, 0.3) is 0 Å². The molecule has 0 radical (unpaired) electrons. The summed E-state index contributed by atoms with van der Waals surface area (Å²) in [5, 5.41) is 9.85. The molecule has 1 aromatic heterocycles.